The molecule has 0 bridgehead atoms. The van der Waals surface area contributed by atoms with Gasteiger partial charge in [-0.15, -0.1) is 0 Å². The average molecular weight is 327 g/mol. The van der Waals surface area contributed by atoms with Crippen molar-refractivity contribution in [2.24, 2.45) is 0 Å². The monoisotopic (exact) mass is 326 g/mol. The normalized spacial score (nSPS) is 18.3. The summed E-state index contributed by atoms with van der Waals surface area (Å²) in [4.78, 5) is 12.7. The highest BCUT2D eigenvalue weighted by molar-refractivity contribution is 6.31. The Labute approximate surface area is 139 Å². The molecule has 0 N–H and O–H groups in total. The first-order chi connectivity index (χ1) is 11.2. The van der Waals surface area contributed by atoms with Gasteiger partial charge in [-0.2, -0.15) is 0 Å². The number of ketones is 1. The molecule has 23 heavy (non-hydrogen) atoms. The molecule has 4 heteroatoms. The van der Waals surface area contributed by atoms with E-state index in [1.54, 1.807) is 0 Å². The Hall–Kier alpha value is -2.10. The fourth-order valence-electron chi connectivity index (χ4n) is 3.16. The van der Waals surface area contributed by atoms with Crippen LogP contribution in [0.15, 0.2) is 42.0 Å². The molecule has 1 aliphatic heterocycles. The van der Waals surface area contributed by atoms with Gasteiger partial charge in [-0.1, -0.05) is 35.9 Å². The second kappa shape index (κ2) is 5.84. The van der Waals surface area contributed by atoms with Gasteiger partial charge in [0.05, 0.1) is 6.61 Å². The van der Waals surface area contributed by atoms with Crippen LogP contribution in [0.1, 0.15) is 33.5 Å². The third kappa shape index (κ3) is 2.67. The number of rotatable bonds is 1. The minimum absolute atomic E-state index is 0.0904. The van der Waals surface area contributed by atoms with Gasteiger partial charge in [0.15, 0.2) is 12.6 Å². The highest BCUT2D eigenvalue weighted by Gasteiger charge is 2.23. The lowest BCUT2D eigenvalue weighted by Gasteiger charge is -2.21. The van der Waals surface area contributed by atoms with Crippen LogP contribution in [-0.2, 0) is 17.8 Å². The quantitative estimate of drug-likeness (QED) is 0.728. The van der Waals surface area contributed by atoms with Crippen molar-refractivity contribution in [3.8, 4) is 5.75 Å². The van der Waals surface area contributed by atoms with E-state index < -0.39 is 0 Å². The molecule has 2 aromatic carbocycles. The molecule has 2 aromatic rings. The number of Topliss-reactive ketones (excluding diaryl/α,β-unsaturated/α-hetero) is 1. The minimum Gasteiger partial charge on any atom is -0.467 e. The fraction of sp³-hybridized carbons (Fsp3) is 0.211. The molecule has 1 heterocycles. The summed E-state index contributed by atoms with van der Waals surface area (Å²) in [5.74, 6) is 0.854. The molecule has 0 unspecified atom stereocenters. The van der Waals surface area contributed by atoms with E-state index in [1.165, 1.54) is 0 Å². The largest absolute Gasteiger partial charge is 0.467 e. The van der Waals surface area contributed by atoms with Crippen LogP contribution in [0, 0.1) is 0 Å². The van der Waals surface area contributed by atoms with Crippen molar-refractivity contribution in [1.82, 2.24) is 0 Å². The van der Waals surface area contributed by atoms with Crippen LogP contribution in [-0.4, -0.2) is 12.6 Å². The van der Waals surface area contributed by atoms with Crippen molar-refractivity contribution >= 4 is 23.5 Å². The highest BCUT2D eigenvalue weighted by atomic mass is 35.5. The molecule has 0 amide bonds. The molecule has 1 aliphatic carbocycles. The Morgan fingerprint density at radius 2 is 1.96 bits per heavy atom. The lowest BCUT2D eigenvalue weighted by atomic mass is 9.86. The van der Waals surface area contributed by atoms with Crippen LogP contribution in [0.2, 0.25) is 5.02 Å². The number of allylic oxidation sites excluding steroid dienone is 1. The van der Waals surface area contributed by atoms with Gasteiger partial charge in [-0.3, -0.25) is 4.79 Å². The summed E-state index contributed by atoms with van der Waals surface area (Å²) in [5.41, 5.74) is 4.47. The smallest absolute Gasteiger partial charge is 0.189 e. The second-order valence-electron chi connectivity index (χ2n) is 5.75. The predicted molar refractivity (Wildman–Crippen MR) is 88.8 cm³/mol. The molecule has 2 aliphatic rings. The van der Waals surface area contributed by atoms with E-state index >= 15 is 0 Å². The van der Waals surface area contributed by atoms with E-state index in [-0.39, 0.29) is 12.6 Å². The molecule has 0 radical (unpaired) electrons. The van der Waals surface area contributed by atoms with Gasteiger partial charge in [0.2, 0.25) is 0 Å². The summed E-state index contributed by atoms with van der Waals surface area (Å²) in [6.07, 6.45) is 3.52. The fourth-order valence-corrected chi connectivity index (χ4v) is 3.41. The van der Waals surface area contributed by atoms with Crippen LogP contribution >= 0.6 is 11.6 Å². The number of hydrogen-bond donors (Lipinski definition) is 0. The molecule has 0 fully saturated rings. The molecule has 3 nitrogen and oxygen atoms in total. The van der Waals surface area contributed by atoms with Crippen molar-refractivity contribution < 1.29 is 14.3 Å². The zero-order valence-electron chi connectivity index (χ0n) is 12.5. The van der Waals surface area contributed by atoms with Gasteiger partial charge < -0.3 is 9.47 Å². The van der Waals surface area contributed by atoms with Gasteiger partial charge in [-0.25, -0.2) is 0 Å². The van der Waals surface area contributed by atoms with E-state index in [9.17, 15) is 4.79 Å². The lowest BCUT2D eigenvalue weighted by molar-refractivity contribution is -0.0165. The van der Waals surface area contributed by atoms with E-state index in [1.807, 2.05) is 42.5 Å². The molecule has 116 valence electrons. The summed E-state index contributed by atoms with van der Waals surface area (Å²) < 4.78 is 10.9. The van der Waals surface area contributed by atoms with Crippen molar-refractivity contribution in [2.75, 3.05) is 6.79 Å². The standard InChI is InChI=1S/C19H15ClO3/c20-16-8-14(19-15(9-16)10-22-11-23-19)7-13-6-5-12-3-1-2-4-17(12)18(13)21/h1-4,7-9H,5-6,10-11H2/b13-7+. The number of ether oxygens (including phenoxy) is 2. The zero-order chi connectivity index (χ0) is 15.8. The summed E-state index contributed by atoms with van der Waals surface area (Å²) in [7, 11) is 0. The van der Waals surface area contributed by atoms with Gasteiger partial charge in [0, 0.05) is 27.3 Å². The first kappa shape index (κ1) is 14.5. The molecular weight excluding hydrogens is 312 g/mol. The highest BCUT2D eigenvalue weighted by Crippen LogP contribution is 2.35. The molecule has 0 aromatic heterocycles. The summed E-state index contributed by atoms with van der Waals surface area (Å²) >= 11 is 6.19. The number of halogens is 1. The van der Waals surface area contributed by atoms with E-state index in [2.05, 4.69) is 0 Å². The van der Waals surface area contributed by atoms with Crippen LogP contribution in [0.5, 0.6) is 5.75 Å². The van der Waals surface area contributed by atoms with Crippen molar-refractivity contribution in [2.45, 2.75) is 19.4 Å². The van der Waals surface area contributed by atoms with Gasteiger partial charge in [0.25, 0.3) is 0 Å². The molecular formula is C19H15ClO3. The molecule has 0 saturated carbocycles. The molecule has 4 rings (SSSR count). The van der Waals surface area contributed by atoms with Crippen LogP contribution < -0.4 is 4.74 Å². The molecule has 0 spiro atoms. The average Bonchev–Trinajstić information content (AvgIpc) is 2.57. The van der Waals surface area contributed by atoms with Crippen molar-refractivity contribution in [1.29, 1.82) is 0 Å². The third-order valence-corrected chi connectivity index (χ3v) is 4.47. The van der Waals surface area contributed by atoms with Crippen LogP contribution in [0.4, 0.5) is 0 Å². The number of hydrogen-bond acceptors (Lipinski definition) is 3. The van der Waals surface area contributed by atoms with Gasteiger partial charge in [0.1, 0.15) is 5.75 Å². The lowest BCUT2D eigenvalue weighted by Crippen LogP contribution is -2.15. The van der Waals surface area contributed by atoms with E-state index in [0.29, 0.717) is 11.6 Å². The van der Waals surface area contributed by atoms with E-state index in [4.69, 9.17) is 21.1 Å². The number of aryl methyl sites for hydroxylation is 1. The Bertz CT molecular complexity index is 823. The van der Waals surface area contributed by atoms with Crippen LogP contribution in [0.25, 0.3) is 6.08 Å². The first-order valence-electron chi connectivity index (χ1n) is 7.58. The van der Waals surface area contributed by atoms with Crippen LogP contribution in [0.3, 0.4) is 0 Å². The SMILES string of the molecule is O=C1/C(=C/c2cc(Cl)cc3c2OCOC3)CCc2ccccc21. The predicted octanol–water partition coefficient (Wildman–Crippen LogP) is 4.42. The van der Waals surface area contributed by atoms with Gasteiger partial charge in [-0.05, 0) is 36.6 Å². The number of fused-ring (bicyclic) bond motifs is 2. The van der Waals surface area contributed by atoms with Crippen molar-refractivity contribution in [3.63, 3.8) is 0 Å². The van der Waals surface area contributed by atoms with Crippen molar-refractivity contribution in [3.05, 3.63) is 69.2 Å². The number of carbonyl (C=O) groups excluding carboxylic acids is 1. The Morgan fingerprint density at radius 3 is 2.87 bits per heavy atom. The van der Waals surface area contributed by atoms with E-state index in [0.717, 1.165) is 46.4 Å². The summed E-state index contributed by atoms with van der Waals surface area (Å²) in [6, 6.07) is 11.5. The summed E-state index contributed by atoms with van der Waals surface area (Å²) in [6.45, 7) is 0.699. The Balaban J connectivity index is 1.77. The second-order valence-corrected chi connectivity index (χ2v) is 6.19. The minimum atomic E-state index is 0.0904. The first-order valence-corrected chi connectivity index (χ1v) is 7.96. The topological polar surface area (TPSA) is 35.5 Å². The molecule has 0 atom stereocenters. The Kier molecular flexibility index (Phi) is 3.68. The summed E-state index contributed by atoms with van der Waals surface area (Å²) in [5, 5.41) is 0.619. The maximum Gasteiger partial charge on any atom is 0.189 e. The Morgan fingerprint density at radius 1 is 1.09 bits per heavy atom. The number of carbonyl (C=O) groups is 1. The third-order valence-electron chi connectivity index (χ3n) is 4.25. The zero-order valence-corrected chi connectivity index (χ0v) is 13.2. The maximum atomic E-state index is 12.7. The maximum absolute atomic E-state index is 12.7. The van der Waals surface area contributed by atoms with Gasteiger partial charge >= 0.3 is 0 Å². The molecule has 0 saturated heterocycles. The number of benzene rings is 2.